The molecule has 0 aliphatic carbocycles. The van der Waals surface area contributed by atoms with Crippen LogP contribution in [-0.4, -0.2) is 19.3 Å². The van der Waals surface area contributed by atoms with Crippen LogP contribution >= 0.6 is 11.6 Å². The van der Waals surface area contributed by atoms with Crippen LogP contribution in [0.5, 0.6) is 0 Å². The molecule has 7 heteroatoms. The quantitative estimate of drug-likeness (QED) is 0.662. The van der Waals surface area contributed by atoms with E-state index in [1.54, 1.807) is 36.4 Å². The highest BCUT2D eigenvalue weighted by Crippen LogP contribution is 2.39. The molecule has 1 N–H and O–H groups in total. The van der Waals surface area contributed by atoms with E-state index in [1.807, 2.05) is 30.3 Å². The van der Waals surface area contributed by atoms with Gasteiger partial charge in [-0.3, -0.25) is 0 Å². The summed E-state index contributed by atoms with van der Waals surface area (Å²) in [4.78, 5) is 0.182. The van der Waals surface area contributed by atoms with Gasteiger partial charge in [-0.25, -0.2) is 12.8 Å². The summed E-state index contributed by atoms with van der Waals surface area (Å²) in [5.41, 5.74) is 1.64. The van der Waals surface area contributed by atoms with Crippen LogP contribution in [0.3, 0.4) is 0 Å². The second-order valence-corrected chi connectivity index (χ2v) is 8.80. The van der Waals surface area contributed by atoms with Gasteiger partial charge in [-0.1, -0.05) is 66.2 Å². The van der Waals surface area contributed by atoms with Gasteiger partial charge in [0.05, 0.1) is 10.7 Å². The number of hydrogen-bond acceptors (Lipinski definition) is 3. The average molecular weight is 417 g/mol. The molecule has 1 atom stereocenters. The fourth-order valence-corrected chi connectivity index (χ4v) is 5.26. The van der Waals surface area contributed by atoms with E-state index in [9.17, 15) is 12.8 Å². The van der Waals surface area contributed by atoms with Crippen molar-refractivity contribution in [3.8, 4) is 0 Å². The SMILES string of the molecule is O=S1(=O)c2ccccc2NC(c2cccc(Cl)c2F)N1CCc1ccccc1. The van der Waals surface area contributed by atoms with E-state index >= 15 is 0 Å². The molecule has 4 rings (SSSR count). The van der Waals surface area contributed by atoms with Gasteiger partial charge in [-0.2, -0.15) is 4.31 Å². The van der Waals surface area contributed by atoms with Crippen molar-refractivity contribution in [2.75, 3.05) is 11.9 Å². The summed E-state index contributed by atoms with van der Waals surface area (Å²) >= 11 is 5.95. The molecule has 28 heavy (non-hydrogen) atoms. The van der Waals surface area contributed by atoms with Crippen LogP contribution in [0.4, 0.5) is 10.1 Å². The Morgan fingerprint density at radius 2 is 1.68 bits per heavy atom. The predicted molar refractivity (Wildman–Crippen MR) is 108 cm³/mol. The third kappa shape index (κ3) is 3.39. The summed E-state index contributed by atoms with van der Waals surface area (Å²) < 4.78 is 42.7. The van der Waals surface area contributed by atoms with E-state index < -0.39 is 22.0 Å². The van der Waals surface area contributed by atoms with Crippen LogP contribution in [-0.2, 0) is 16.4 Å². The lowest BCUT2D eigenvalue weighted by atomic mass is 10.1. The van der Waals surface area contributed by atoms with Gasteiger partial charge < -0.3 is 5.32 Å². The lowest BCUT2D eigenvalue weighted by Gasteiger charge is -2.37. The monoisotopic (exact) mass is 416 g/mol. The van der Waals surface area contributed by atoms with Gasteiger partial charge in [0.2, 0.25) is 10.0 Å². The molecule has 4 nitrogen and oxygen atoms in total. The minimum absolute atomic E-state index is 0.0430. The van der Waals surface area contributed by atoms with E-state index in [4.69, 9.17) is 11.6 Å². The highest BCUT2D eigenvalue weighted by atomic mass is 35.5. The van der Waals surface area contributed by atoms with E-state index in [-0.39, 0.29) is 22.0 Å². The molecule has 0 fully saturated rings. The molecule has 1 aliphatic heterocycles. The molecular formula is C21H18ClFN2O2S. The van der Waals surface area contributed by atoms with Crippen LogP contribution in [0.2, 0.25) is 5.02 Å². The van der Waals surface area contributed by atoms with E-state index in [1.165, 1.54) is 10.4 Å². The maximum absolute atomic E-state index is 14.8. The zero-order chi connectivity index (χ0) is 19.7. The summed E-state index contributed by atoms with van der Waals surface area (Å²) in [5.74, 6) is -0.624. The van der Waals surface area contributed by atoms with E-state index in [0.717, 1.165) is 5.56 Å². The van der Waals surface area contributed by atoms with Crippen molar-refractivity contribution in [1.82, 2.24) is 4.31 Å². The Morgan fingerprint density at radius 3 is 2.46 bits per heavy atom. The van der Waals surface area contributed by atoms with Crippen LogP contribution in [0.1, 0.15) is 17.3 Å². The number of anilines is 1. The van der Waals surface area contributed by atoms with Crippen LogP contribution in [0, 0.1) is 5.82 Å². The summed E-state index contributed by atoms with van der Waals surface area (Å²) in [5, 5.41) is 3.13. The van der Waals surface area contributed by atoms with E-state index in [2.05, 4.69) is 5.32 Å². The molecule has 1 unspecified atom stereocenters. The smallest absolute Gasteiger partial charge is 0.247 e. The van der Waals surface area contributed by atoms with Crippen LogP contribution in [0.25, 0.3) is 0 Å². The second-order valence-electron chi connectivity index (χ2n) is 6.54. The van der Waals surface area contributed by atoms with Gasteiger partial charge in [-0.05, 0) is 30.2 Å². The Balaban J connectivity index is 1.78. The molecule has 0 radical (unpaired) electrons. The largest absolute Gasteiger partial charge is 0.364 e. The summed E-state index contributed by atoms with van der Waals surface area (Å²) in [6.07, 6.45) is -0.384. The van der Waals surface area contributed by atoms with Crippen molar-refractivity contribution in [3.05, 3.63) is 94.8 Å². The minimum Gasteiger partial charge on any atom is -0.364 e. The number of halogens is 2. The first-order valence-corrected chi connectivity index (χ1v) is 10.7. The van der Waals surface area contributed by atoms with Crippen molar-refractivity contribution in [2.24, 2.45) is 0 Å². The molecule has 0 amide bonds. The highest BCUT2D eigenvalue weighted by Gasteiger charge is 2.39. The molecule has 0 spiro atoms. The zero-order valence-corrected chi connectivity index (χ0v) is 16.4. The van der Waals surface area contributed by atoms with Gasteiger partial charge in [0.25, 0.3) is 0 Å². The number of fused-ring (bicyclic) bond motifs is 1. The molecule has 144 valence electrons. The molecular weight excluding hydrogens is 399 g/mol. The van der Waals surface area contributed by atoms with Gasteiger partial charge >= 0.3 is 0 Å². The molecule has 3 aromatic carbocycles. The third-order valence-electron chi connectivity index (χ3n) is 4.79. The molecule has 0 saturated heterocycles. The molecule has 0 aromatic heterocycles. The lowest BCUT2D eigenvalue weighted by molar-refractivity contribution is 0.338. The maximum Gasteiger partial charge on any atom is 0.247 e. The Labute approximate surface area is 168 Å². The van der Waals surface area contributed by atoms with E-state index in [0.29, 0.717) is 12.1 Å². The third-order valence-corrected chi connectivity index (χ3v) is 7.01. The molecule has 0 saturated carbocycles. The van der Waals surface area contributed by atoms with Crippen LogP contribution in [0.15, 0.2) is 77.7 Å². The topological polar surface area (TPSA) is 49.4 Å². The number of rotatable bonds is 4. The summed E-state index contributed by atoms with van der Waals surface area (Å²) in [6.45, 7) is 0.199. The number of nitrogens with one attached hydrogen (secondary N) is 1. The Hall–Kier alpha value is -2.41. The highest BCUT2D eigenvalue weighted by molar-refractivity contribution is 7.89. The number of benzene rings is 3. The fraction of sp³-hybridized carbons (Fsp3) is 0.143. The van der Waals surface area contributed by atoms with Gasteiger partial charge in [0, 0.05) is 12.1 Å². The zero-order valence-electron chi connectivity index (χ0n) is 14.8. The van der Waals surface area contributed by atoms with Gasteiger partial charge in [0.1, 0.15) is 16.9 Å². The van der Waals surface area contributed by atoms with Crippen molar-refractivity contribution in [1.29, 1.82) is 0 Å². The van der Waals surface area contributed by atoms with Crippen molar-refractivity contribution < 1.29 is 12.8 Å². The van der Waals surface area contributed by atoms with Crippen molar-refractivity contribution >= 4 is 27.3 Å². The number of para-hydroxylation sites is 1. The van der Waals surface area contributed by atoms with Gasteiger partial charge in [-0.15, -0.1) is 0 Å². The Morgan fingerprint density at radius 1 is 0.964 bits per heavy atom. The summed E-state index contributed by atoms with van der Waals surface area (Å²) in [6, 6.07) is 20.9. The molecule has 0 bridgehead atoms. The summed E-state index contributed by atoms with van der Waals surface area (Å²) in [7, 11) is -3.82. The molecule has 1 heterocycles. The standard InChI is InChI=1S/C21H18ClFN2O2S/c22-17-10-6-9-16(20(17)23)21-24-18-11-4-5-12-19(18)28(26,27)25(21)14-13-15-7-2-1-3-8-15/h1-12,21,24H,13-14H2. The lowest BCUT2D eigenvalue weighted by Crippen LogP contribution is -2.44. The molecule has 3 aromatic rings. The Kier molecular flexibility index (Phi) is 5.10. The van der Waals surface area contributed by atoms with Gasteiger partial charge in [0.15, 0.2) is 0 Å². The normalized spacial score (nSPS) is 18.3. The second kappa shape index (κ2) is 7.54. The first kappa shape index (κ1) is 18.9. The first-order chi connectivity index (χ1) is 13.5. The first-order valence-electron chi connectivity index (χ1n) is 8.84. The maximum atomic E-state index is 14.8. The average Bonchev–Trinajstić information content (AvgIpc) is 2.70. The predicted octanol–water partition coefficient (Wildman–Crippen LogP) is 4.84. The molecule has 1 aliphatic rings. The number of nitrogens with zero attached hydrogens (tertiary/aromatic N) is 1. The minimum atomic E-state index is -3.82. The van der Waals surface area contributed by atoms with Crippen molar-refractivity contribution in [2.45, 2.75) is 17.5 Å². The number of sulfonamides is 1. The van der Waals surface area contributed by atoms with Crippen molar-refractivity contribution in [3.63, 3.8) is 0 Å². The fourth-order valence-electron chi connectivity index (χ4n) is 3.39. The van der Waals surface area contributed by atoms with Crippen LogP contribution < -0.4 is 5.32 Å². The number of hydrogen-bond donors (Lipinski definition) is 1. The Bertz CT molecular complexity index is 1110.